The summed E-state index contributed by atoms with van der Waals surface area (Å²) in [5, 5.41) is 10.8. The van der Waals surface area contributed by atoms with Gasteiger partial charge in [-0.15, -0.1) is 0 Å². The van der Waals surface area contributed by atoms with Crippen LogP contribution in [0.4, 0.5) is 23.7 Å². The predicted molar refractivity (Wildman–Crippen MR) is 103 cm³/mol. The number of amides is 3. The van der Waals surface area contributed by atoms with Crippen LogP contribution >= 0.6 is 27.7 Å². The van der Waals surface area contributed by atoms with Crippen LogP contribution in [0.3, 0.4) is 0 Å². The lowest BCUT2D eigenvalue weighted by Gasteiger charge is -2.13. The molecule has 0 unspecified atom stereocenters. The Balaban J connectivity index is 1.73. The fourth-order valence-corrected chi connectivity index (χ4v) is 3.59. The molecule has 2 aromatic carbocycles. The first kappa shape index (κ1) is 20.9. The monoisotopic (exact) mass is 486 g/mol. The molecule has 1 heterocycles. The Bertz CT molecular complexity index is 1080. The van der Waals surface area contributed by atoms with E-state index in [0.717, 1.165) is 6.07 Å². The molecule has 1 fully saturated rings. The van der Waals surface area contributed by atoms with Crippen molar-refractivity contribution in [2.75, 3.05) is 11.9 Å². The third-order valence-corrected chi connectivity index (χ3v) is 5.30. The summed E-state index contributed by atoms with van der Waals surface area (Å²) >= 11 is 3.73. The average Bonchev–Trinajstić information content (AvgIpc) is 2.92. The number of carbonyl (C=O) groups is 3. The zero-order chi connectivity index (χ0) is 21.3. The van der Waals surface area contributed by atoms with Gasteiger partial charge in [0.15, 0.2) is 17.5 Å². The van der Waals surface area contributed by atoms with Gasteiger partial charge in [-0.3, -0.25) is 19.3 Å². The molecule has 0 aliphatic carbocycles. The van der Waals surface area contributed by atoms with Crippen molar-refractivity contribution < 1.29 is 32.7 Å². The number of rotatable bonds is 4. The maximum atomic E-state index is 13.6. The minimum atomic E-state index is -1.75. The lowest BCUT2D eigenvalue weighted by molar-refractivity contribution is -0.127. The summed E-state index contributed by atoms with van der Waals surface area (Å²) in [6, 6.07) is 5.90. The molecule has 0 spiro atoms. The normalized spacial score (nSPS) is 15.3. The summed E-state index contributed by atoms with van der Waals surface area (Å²) in [6.45, 7) is -0.736. The minimum Gasteiger partial charge on any atom is -0.507 e. The summed E-state index contributed by atoms with van der Waals surface area (Å²) in [7, 11) is 0. The van der Waals surface area contributed by atoms with Gasteiger partial charge in [-0.25, -0.2) is 13.2 Å². The van der Waals surface area contributed by atoms with E-state index in [2.05, 4.69) is 15.9 Å². The Morgan fingerprint density at radius 2 is 1.90 bits per heavy atom. The van der Waals surface area contributed by atoms with Crippen LogP contribution in [0, 0.1) is 17.5 Å². The highest BCUT2D eigenvalue weighted by atomic mass is 79.9. The highest BCUT2D eigenvalue weighted by Crippen LogP contribution is 2.33. The Hall–Kier alpha value is -2.79. The number of nitrogens with one attached hydrogen (secondary N) is 1. The number of carbonyl (C=O) groups excluding carboxylic acids is 3. The van der Waals surface area contributed by atoms with Crippen LogP contribution in [0.1, 0.15) is 5.56 Å². The quantitative estimate of drug-likeness (QED) is 0.498. The molecule has 3 amide bonds. The maximum absolute atomic E-state index is 13.6. The van der Waals surface area contributed by atoms with Gasteiger partial charge in [0.05, 0.1) is 15.1 Å². The fourth-order valence-electron chi connectivity index (χ4n) is 2.36. The van der Waals surface area contributed by atoms with Gasteiger partial charge in [0.1, 0.15) is 12.3 Å². The van der Waals surface area contributed by atoms with Crippen LogP contribution in [-0.2, 0) is 9.59 Å². The SMILES string of the molecule is O=C(CN1C(=O)S/C(=C/c2ccc(O)c(Br)c2)C1=O)Nc1ccc(F)c(F)c1F. The first-order chi connectivity index (χ1) is 13.7. The molecular weight excluding hydrogens is 477 g/mol. The van der Waals surface area contributed by atoms with Crippen molar-refractivity contribution in [2.24, 2.45) is 0 Å². The smallest absolute Gasteiger partial charge is 0.294 e. The number of phenols is 1. The van der Waals surface area contributed by atoms with Crippen LogP contribution in [0.25, 0.3) is 6.08 Å². The molecule has 2 aromatic rings. The van der Waals surface area contributed by atoms with Gasteiger partial charge in [-0.2, -0.15) is 0 Å². The number of aromatic hydroxyl groups is 1. The van der Waals surface area contributed by atoms with E-state index in [1.807, 2.05) is 5.32 Å². The second kappa shape index (κ2) is 8.29. The van der Waals surface area contributed by atoms with E-state index in [1.165, 1.54) is 24.3 Å². The Morgan fingerprint density at radius 1 is 1.17 bits per heavy atom. The van der Waals surface area contributed by atoms with E-state index in [9.17, 15) is 32.7 Å². The molecule has 1 aliphatic heterocycles. The van der Waals surface area contributed by atoms with E-state index >= 15 is 0 Å². The molecule has 0 aromatic heterocycles. The zero-order valence-corrected chi connectivity index (χ0v) is 16.6. The van der Waals surface area contributed by atoms with Gasteiger partial charge in [0, 0.05) is 0 Å². The van der Waals surface area contributed by atoms with Gasteiger partial charge in [-0.1, -0.05) is 6.07 Å². The number of nitrogens with zero attached hydrogens (tertiary/aromatic N) is 1. The van der Waals surface area contributed by atoms with E-state index < -0.39 is 46.7 Å². The van der Waals surface area contributed by atoms with Crippen molar-refractivity contribution in [3.8, 4) is 5.75 Å². The molecule has 0 radical (unpaired) electrons. The maximum Gasteiger partial charge on any atom is 0.294 e. The summed E-state index contributed by atoms with van der Waals surface area (Å²) in [5.41, 5.74) is -0.0983. The summed E-state index contributed by atoms with van der Waals surface area (Å²) in [6.07, 6.45) is 1.40. The molecule has 11 heteroatoms. The third-order valence-electron chi connectivity index (χ3n) is 3.75. The highest BCUT2D eigenvalue weighted by Gasteiger charge is 2.36. The Morgan fingerprint density at radius 3 is 2.59 bits per heavy atom. The van der Waals surface area contributed by atoms with E-state index in [0.29, 0.717) is 32.8 Å². The molecule has 0 atom stereocenters. The molecule has 6 nitrogen and oxygen atoms in total. The van der Waals surface area contributed by atoms with Crippen molar-refractivity contribution in [1.29, 1.82) is 0 Å². The van der Waals surface area contributed by atoms with Crippen LogP contribution in [0.5, 0.6) is 5.75 Å². The van der Waals surface area contributed by atoms with E-state index in [4.69, 9.17) is 0 Å². The number of benzene rings is 2. The molecule has 0 bridgehead atoms. The summed E-state index contributed by atoms with van der Waals surface area (Å²) in [5.74, 6) is -6.48. The number of hydrogen-bond donors (Lipinski definition) is 2. The van der Waals surface area contributed by atoms with Crippen molar-refractivity contribution in [3.63, 3.8) is 0 Å². The molecule has 2 N–H and O–H groups in total. The Kier molecular flexibility index (Phi) is 5.99. The van der Waals surface area contributed by atoms with Crippen LogP contribution in [0.2, 0.25) is 0 Å². The largest absolute Gasteiger partial charge is 0.507 e. The van der Waals surface area contributed by atoms with Crippen molar-refractivity contribution in [3.05, 3.63) is 62.7 Å². The standard InChI is InChI=1S/C18H10BrF3N2O4S/c19-9-5-8(1-4-12(9)25)6-13-17(27)24(18(28)29-13)7-14(26)23-11-3-2-10(20)15(21)16(11)22/h1-6,25H,7H2,(H,23,26)/b13-6+. The first-order valence-electron chi connectivity index (χ1n) is 7.84. The number of halogens is 4. The second-order valence-electron chi connectivity index (χ2n) is 5.75. The topological polar surface area (TPSA) is 86.7 Å². The third kappa shape index (κ3) is 4.46. The van der Waals surface area contributed by atoms with E-state index in [-0.39, 0.29) is 10.7 Å². The van der Waals surface area contributed by atoms with Crippen molar-refractivity contribution in [2.45, 2.75) is 0 Å². The molecular formula is C18H10BrF3N2O4S. The molecule has 1 aliphatic rings. The van der Waals surface area contributed by atoms with Crippen molar-refractivity contribution >= 4 is 56.5 Å². The van der Waals surface area contributed by atoms with Gasteiger partial charge in [0.2, 0.25) is 5.91 Å². The predicted octanol–water partition coefficient (Wildman–Crippen LogP) is 4.25. The number of thioether (sulfide) groups is 1. The fraction of sp³-hybridized carbons (Fsp3) is 0.0556. The van der Waals surface area contributed by atoms with Crippen LogP contribution in [0.15, 0.2) is 39.7 Å². The number of imide groups is 1. The molecule has 0 saturated carbocycles. The number of anilines is 1. The second-order valence-corrected chi connectivity index (χ2v) is 7.60. The molecule has 1 saturated heterocycles. The minimum absolute atomic E-state index is 0.00334. The number of phenolic OH excluding ortho intramolecular Hbond substituents is 1. The summed E-state index contributed by atoms with van der Waals surface area (Å²) in [4.78, 5) is 37.2. The lowest BCUT2D eigenvalue weighted by Crippen LogP contribution is -2.36. The van der Waals surface area contributed by atoms with Crippen LogP contribution in [-0.4, -0.2) is 33.6 Å². The van der Waals surface area contributed by atoms with Crippen LogP contribution < -0.4 is 5.32 Å². The number of hydrogen-bond acceptors (Lipinski definition) is 5. The first-order valence-corrected chi connectivity index (χ1v) is 9.45. The molecule has 150 valence electrons. The average molecular weight is 487 g/mol. The molecule has 3 rings (SSSR count). The van der Waals surface area contributed by atoms with Gasteiger partial charge in [-0.05, 0) is 63.6 Å². The zero-order valence-electron chi connectivity index (χ0n) is 14.2. The molecule has 29 heavy (non-hydrogen) atoms. The van der Waals surface area contributed by atoms with Gasteiger partial charge >= 0.3 is 0 Å². The van der Waals surface area contributed by atoms with E-state index in [1.54, 1.807) is 0 Å². The lowest BCUT2D eigenvalue weighted by atomic mass is 10.2. The highest BCUT2D eigenvalue weighted by molar-refractivity contribution is 9.10. The van der Waals surface area contributed by atoms with Gasteiger partial charge in [0.25, 0.3) is 11.1 Å². The van der Waals surface area contributed by atoms with Crippen molar-refractivity contribution in [1.82, 2.24) is 4.90 Å². The summed E-state index contributed by atoms with van der Waals surface area (Å²) < 4.78 is 40.2. The van der Waals surface area contributed by atoms with Gasteiger partial charge < -0.3 is 10.4 Å². The Labute approximate surface area is 174 Å².